The molecule has 0 spiro atoms. The van der Waals surface area contributed by atoms with Gasteiger partial charge in [0.2, 0.25) is 0 Å². The first-order valence-corrected chi connectivity index (χ1v) is 12.5. The van der Waals surface area contributed by atoms with Crippen LogP contribution < -0.4 is 0 Å². The fourth-order valence-electron chi connectivity index (χ4n) is 4.07. The predicted octanol–water partition coefficient (Wildman–Crippen LogP) is 5.76. The van der Waals surface area contributed by atoms with Crippen LogP contribution in [0.1, 0.15) is 43.4 Å². The van der Waals surface area contributed by atoms with Crippen LogP contribution in [0.5, 0.6) is 0 Å². The number of likely N-dealkylation sites (tertiary alicyclic amines) is 1. The summed E-state index contributed by atoms with van der Waals surface area (Å²) < 4.78 is 30.6. The molecule has 8 heteroatoms. The zero-order valence-corrected chi connectivity index (χ0v) is 19.9. The van der Waals surface area contributed by atoms with Gasteiger partial charge in [-0.05, 0) is 49.9 Å². The van der Waals surface area contributed by atoms with Crippen LogP contribution in [0.2, 0.25) is 10.0 Å². The Hall–Kier alpha value is -1.62. The normalized spacial score (nSPS) is 19.5. The maximum absolute atomic E-state index is 12.6. The summed E-state index contributed by atoms with van der Waals surface area (Å²) >= 11 is 12.8. The van der Waals surface area contributed by atoms with E-state index >= 15 is 0 Å². The number of nitriles is 1. The number of halogens is 2. The van der Waals surface area contributed by atoms with Crippen molar-refractivity contribution in [2.45, 2.75) is 50.1 Å². The first kappa shape index (κ1) is 24.0. The lowest BCUT2D eigenvalue weighted by molar-refractivity contribution is 0.0630. The van der Waals surface area contributed by atoms with Gasteiger partial charge in [-0.2, -0.15) is 13.7 Å². The van der Waals surface area contributed by atoms with Crippen LogP contribution in [0, 0.1) is 24.2 Å². The minimum Gasteiger partial charge on any atom is -0.281 e. The molecule has 0 aromatic heterocycles. The number of piperidine rings is 1. The molecular weight excluding hydrogens is 455 g/mol. The van der Waals surface area contributed by atoms with Gasteiger partial charge < -0.3 is 0 Å². The lowest BCUT2D eigenvalue weighted by Crippen LogP contribution is -2.46. The minimum atomic E-state index is -3.85. The predicted molar refractivity (Wildman–Crippen MR) is 123 cm³/mol. The van der Waals surface area contributed by atoms with Gasteiger partial charge in [-0.1, -0.05) is 60.3 Å². The molecule has 0 aliphatic carbocycles. The van der Waals surface area contributed by atoms with Gasteiger partial charge in [-0.25, -0.2) is 0 Å². The zero-order chi connectivity index (χ0) is 22.6. The molecule has 0 saturated carbocycles. The van der Waals surface area contributed by atoms with Gasteiger partial charge in [0.25, 0.3) is 10.1 Å². The first-order chi connectivity index (χ1) is 14.7. The van der Waals surface area contributed by atoms with E-state index in [-0.39, 0.29) is 23.5 Å². The molecule has 2 aromatic carbocycles. The zero-order valence-electron chi connectivity index (χ0n) is 17.6. The molecule has 0 amide bonds. The molecule has 0 N–H and O–H groups in total. The molecule has 5 nitrogen and oxygen atoms in total. The SMILES string of the molecule is Cc1ccc(S(=O)(=O)OCC(C)C2CCCCN2C(C#N)c2c(Cl)cccc2Cl)cc1. The molecule has 1 aliphatic heterocycles. The fraction of sp³-hybridized carbons (Fsp3) is 0.435. The average molecular weight is 481 g/mol. The molecule has 2 aromatic rings. The third-order valence-corrected chi connectivity index (χ3v) is 7.73. The van der Waals surface area contributed by atoms with Crippen molar-refractivity contribution < 1.29 is 12.6 Å². The van der Waals surface area contributed by atoms with Crippen molar-refractivity contribution in [3.63, 3.8) is 0 Å². The van der Waals surface area contributed by atoms with Gasteiger partial charge in [0.1, 0.15) is 6.04 Å². The maximum Gasteiger partial charge on any atom is 0.296 e. The Labute approximate surface area is 194 Å². The van der Waals surface area contributed by atoms with Crippen LogP contribution in [-0.4, -0.2) is 32.5 Å². The van der Waals surface area contributed by atoms with Crippen LogP contribution in [0.3, 0.4) is 0 Å². The highest BCUT2D eigenvalue weighted by atomic mass is 35.5. The van der Waals surface area contributed by atoms with E-state index in [0.29, 0.717) is 22.2 Å². The molecule has 1 saturated heterocycles. The van der Waals surface area contributed by atoms with Crippen molar-refractivity contribution in [2.24, 2.45) is 5.92 Å². The third-order valence-electron chi connectivity index (χ3n) is 5.77. The summed E-state index contributed by atoms with van der Waals surface area (Å²) in [6.07, 6.45) is 2.80. The Bertz CT molecular complexity index is 1030. The number of aryl methyl sites for hydroxylation is 1. The van der Waals surface area contributed by atoms with Crippen molar-refractivity contribution >= 4 is 33.3 Å². The second kappa shape index (κ2) is 10.3. The topological polar surface area (TPSA) is 70.4 Å². The van der Waals surface area contributed by atoms with Crippen molar-refractivity contribution in [3.05, 3.63) is 63.6 Å². The first-order valence-electron chi connectivity index (χ1n) is 10.3. The number of hydrogen-bond acceptors (Lipinski definition) is 5. The Morgan fingerprint density at radius 3 is 2.42 bits per heavy atom. The smallest absolute Gasteiger partial charge is 0.281 e. The van der Waals surface area contributed by atoms with E-state index in [1.165, 1.54) is 0 Å². The van der Waals surface area contributed by atoms with Gasteiger partial charge in [-0.15, -0.1) is 0 Å². The van der Waals surface area contributed by atoms with Crippen molar-refractivity contribution in [2.75, 3.05) is 13.2 Å². The largest absolute Gasteiger partial charge is 0.296 e. The molecule has 166 valence electrons. The molecule has 31 heavy (non-hydrogen) atoms. The quantitative estimate of drug-likeness (QED) is 0.470. The summed E-state index contributed by atoms with van der Waals surface area (Å²) in [5.41, 5.74) is 1.58. The highest BCUT2D eigenvalue weighted by Crippen LogP contribution is 2.38. The van der Waals surface area contributed by atoms with Crippen LogP contribution in [-0.2, 0) is 14.3 Å². The van der Waals surface area contributed by atoms with E-state index in [1.807, 2.05) is 13.8 Å². The Morgan fingerprint density at radius 1 is 1.16 bits per heavy atom. The number of nitrogens with zero attached hydrogens (tertiary/aromatic N) is 2. The summed E-state index contributed by atoms with van der Waals surface area (Å²) in [6, 6.07) is 13.5. The van der Waals surface area contributed by atoms with Gasteiger partial charge in [-0.3, -0.25) is 9.08 Å². The lowest BCUT2D eigenvalue weighted by Gasteiger charge is -2.42. The molecular formula is C23H26Cl2N2O3S. The van der Waals surface area contributed by atoms with Gasteiger partial charge in [0, 0.05) is 28.2 Å². The van der Waals surface area contributed by atoms with Crippen molar-refractivity contribution in [1.29, 1.82) is 5.26 Å². The van der Waals surface area contributed by atoms with Crippen molar-refractivity contribution in [1.82, 2.24) is 4.90 Å². The summed E-state index contributed by atoms with van der Waals surface area (Å²) in [7, 11) is -3.85. The molecule has 1 fully saturated rings. The van der Waals surface area contributed by atoms with Crippen LogP contribution in [0.25, 0.3) is 0 Å². The van der Waals surface area contributed by atoms with Crippen LogP contribution >= 0.6 is 23.2 Å². The van der Waals surface area contributed by atoms with E-state index < -0.39 is 16.2 Å². The molecule has 0 radical (unpaired) electrons. The standard InChI is InChI=1S/C23H26Cl2N2O3S/c1-16-9-11-18(12-10-16)31(28,29)30-15-17(2)21-8-3-4-13-27(21)22(14-26)23-19(24)6-5-7-20(23)25/h5-7,9-12,17,21-22H,3-4,8,13,15H2,1-2H3. The second-order valence-electron chi connectivity index (χ2n) is 8.00. The summed E-state index contributed by atoms with van der Waals surface area (Å²) in [4.78, 5) is 2.23. The number of rotatable bonds is 7. The Balaban J connectivity index is 1.78. The van der Waals surface area contributed by atoms with E-state index in [9.17, 15) is 13.7 Å². The lowest BCUT2D eigenvalue weighted by atomic mass is 9.89. The highest BCUT2D eigenvalue weighted by molar-refractivity contribution is 7.86. The number of hydrogen-bond donors (Lipinski definition) is 0. The summed E-state index contributed by atoms with van der Waals surface area (Å²) in [6.45, 7) is 4.59. The van der Waals surface area contributed by atoms with Gasteiger partial charge in [0.15, 0.2) is 0 Å². The third kappa shape index (κ3) is 5.60. The molecule has 3 atom stereocenters. The highest BCUT2D eigenvalue weighted by Gasteiger charge is 2.35. The maximum atomic E-state index is 12.6. The molecule has 3 unspecified atom stereocenters. The summed E-state index contributed by atoms with van der Waals surface area (Å²) in [5, 5.41) is 10.9. The Morgan fingerprint density at radius 2 is 1.81 bits per heavy atom. The molecule has 3 rings (SSSR count). The van der Waals surface area contributed by atoms with E-state index in [2.05, 4.69) is 11.0 Å². The molecule has 0 bridgehead atoms. The summed E-state index contributed by atoms with van der Waals surface area (Å²) in [5.74, 6) is -0.113. The number of benzene rings is 2. The Kier molecular flexibility index (Phi) is 8.01. The minimum absolute atomic E-state index is 0.0287. The van der Waals surface area contributed by atoms with Gasteiger partial charge >= 0.3 is 0 Å². The van der Waals surface area contributed by atoms with E-state index in [1.54, 1.807) is 42.5 Å². The fourth-order valence-corrected chi connectivity index (χ4v) is 5.67. The van der Waals surface area contributed by atoms with E-state index in [4.69, 9.17) is 27.4 Å². The van der Waals surface area contributed by atoms with Gasteiger partial charge in [0.05, 0.1) is 17.6 Å². The van der Waals surface area contributed by atoms with Crippen molar-refractivity contribution in [3.8, 4) is 6.07 Å². The van der Waals surface area contributed by atoms with Crippen LogP contribution in [0.4, 0.5) is 0 Å². The molecule has 1 heterocycles. The average Bonchev–Trinajstić information content (AvgIpc) is 2.75. The van der Waals surface area contributed by atoms with Crippen LogP contribution in [0.15, 0.2) is 47.4 Å². The molecule has 1 aliphatic rings. The second-order valence-corrected chi connectivity index (χ2v) is 10.4. The monoisotopic (exact) mass is 480 g/mol. The van der Waals surface area contributed by atoms with E-state index in [0.717, 1.165) is 24.8 Å².